The smallest absolute Gasteiger partial charge is 0.150 e. The second kappa shape index (κ2) is 6.88. The van der Waals surface area contributed by atoms with E-state index >= 15 is 4.39 Å². The zero-order valence-electron chi connectivity index (χ0n) is 16.1. The quantitative estimate of drug-likeness (QED) is 0.502. The molecule has 5 nitrogen and oxygen atoms in total. The number of fused-ring (bicyclic) bond motifs is 1. The molecule has 0 aliphatic heterocycles. The van der Waals surface area contributed by atoms with Crippen molar-refractivity contribution in [3.8, 4) is 22.8 Å². The van der Waals surface area contributed by atoms with Crippen molar-refractivity contribution in [2.45, 2.75) is 32.1 Å². The monoisotopic (exact) mass is 388 g/mol. The standard InChI is InChI=1S/C23H21FN4O/c1-14-4-2-7-16(12-14)29-17-8-9-18(19(24)13-17)20-21-22(25)26-10-11-28(21)23(27-20)15-5-3-6-15/h2,4,7-13,15H,3,5-6H2,1H3,(H2,25,26). The molecule has 0 bridgehead atoms. The highest BCUT2D eigenvalue weighted by molar-refractivity contribution is 5.85. The van der Waals surface area contributed by atoms with Crippen LogP contribution in [0.25, 0.3) is 16.8 Å². The highest BCUT2D eigenvalue weighted by atomic mass is 19.1. The fraction of sp³-hybridized carbons (Fsp3) is 0.217. The summed E-state index contributed by atoms with van der Waals surface area (Å²) in [6.07, 6.45) is 6.88. The third-order valence-electron chi connectivity index (χ3n) is 5.50. The SMILES string of the molecule is Cc1cccc(Oc2ccc(-c3nc(C4CCC4)n4ccnc(N)c34)c(F)c2)c1. The average Bonchev–Trinajstić information content (AvgIpc) is 3.01. The van der Waals surface area contributed by atoms with Gasteiger partial charge in [-0.05, 0) is 49.6 Å². The van der Waals surface area contributed by atoms with Crippen molar-refractivity contribution in [2.75, 3.05) is 5.73 Å². The molecule has 1 saturated carbocycles. The van der Waals surface area contributed by atoms with Gasteiger partial charge in [0, 0.05) is 29.9 Å². The highest BCUT2D eigenvalue weighted by Gasteiger charge is 2.27. The number of benzene rings is 2. The summed E-state index contributed by atoms with van der Waals surface area (Å²) < 4.78 is 22.9. The van der Waals surface area contributed by atoms with Gasteiger partial charge < -0.3 is 10.5 Å². The first-order chi connectivity index (χ1) is 14.1. The number of nitrogens with zero attached hydrogens (tertiary/aromatic N) is 3. The molecule has 4 aromatic rings. The fourth-order valence-electron chi connectivity index (χ4n) is 3.80. The summed E-state index contributed by atoms with van der Waals surface area (Å²) in [6.45, 7) is 1.98. The minimum atomic E-state index is -0.404. The normalized spacial score (nSPS) is 14.1. The number of anilines is 1. The van der Waals surface area contributed by atoms with E-state index in [-0.39, 0.29) is 0 Å². The van der Waals surface area contributed by atoms with Crippen LogP contribution >= 0.6 is 0 Å². The lowest BCUT2D eigenvalue weighted by Gasteiger charge is -2.23. The number of hydrogen-bond donors (Lipinski definition) is 1. The van der Waals surface area contributed by atoms with Crippen LogP contribution in [-0.4, -0.2) is 14.4 Å². The van der Waals surface area contributed by atoms with Gasteiger partial charge in [0.15, 0.2) is 0 Å². The molecule has 1 aliphatic rings. The Balaban J connectivity index is 1.56. The zero-order valence-corrected chi connectivity index (χ0v) is 16.1. The molecular weight excluding hydrogens is 367 g/mol. The largest absolute Gasteiger partial charge is 0.457 e. The number of halogens is 1. The van der Waals surface area contributed by atoms with Gasteiger partial charge in [0.2, 0.25) is 0 Å². The van der Waals surface area contributed by atoms with Gasteiger partial charge in [0.05, 0.1) is 0 Å². The van der Waals surface area contributed by atoms with Gasteiger partial charge in [0.25, 0.3) is 0 Å². The number of nitrogens with two attached hydrogens (primary N) is 1. The second-order valence-electron chi connectivity index (χ2n) is 7.54. The predicted molar refractivity (Wildman–Crippen MR) is 111 cm³/mol. The Morgan fingerprint density at radius 1 is 1.14 bits per heavy atom. The highest BCUT2D eigenvalue weighted by Crippen LogP contribution is 2.40. The van der Waals surface area contributed by atoms with Gasteiger partial charge in [-0.15, -0.1) is 0 Å². The van der Waals surface area contributed by atoms with E-state index in [4.69, 9.17) is 15.5 Å². The molecule has 1 fully saturated rings. The first-order valence-electron chi connectivity index (χ1n) is 9.77. The number of rotatable bonds is 4. The molecule has 6 heteroatoms. The van der Waals surface area contributed by atoms with Crippen LogP contribution in [0, 0.1) is 12.7 Å². The topological polar surface area (TPSA) is 65.4 Å². The summed E-state index contributed by atoms with van der Waals surface area (Å²) in [5, 5.41) is 0. The van der Waals surface area contributed by atoms with Crippen LogP contribution in [0.1, 0.15) is 36.6 Å². The van der Waals surface area contributed by atoms with Crippen molar-refractivity contribution >= 4 is 11.3 Å². The van der Waals surface area contributed by atoms with Crippen LogP contribution in [0.15, 0.2) is 54.9 Å². The summed E-state index contributed by atoms with van der Waals surface area (Å²) in [5.41, 5.74) is 8.80. The Kier molecular flexibility index (Phi) is 4.19. The number of nitrogen functional groups attached to an aromatic ring is 1. The van der Waals surface area contributed by atoms with E-state index in [9.17, 15) is 0 Å². The summed E-state index contributed by atoms with van der Waals surface area (Å²) in [5.74, 6) is 2.36. The predicted octanol–water partition coefficient (Wildman–Crippen LogP) is 5.49. The third-order valence-corrected chi connectivity index (χ3v) is 5.50. The molecule has 2 aromatic carbocycles. The number of ether oxygens (including phenoxy) is 1. The Labute approximate surface area is 168 Å². The Bertz CT molecular complexity index is 1210. The minimum absolute atomic E-state index is 0.347. The first-order valence-corrected chi connectivity index (χ1v) is 9.77. The van der Waals surface area contributed by atoms with Crippen LogP contribution in [-0.2, 0) is 0 Å². The van der Waals surface area contributed by atoms with E-state index in [0.29, 0.717) is 40.0 Å². The molecule has 29 heavy (non-hydrogen) atoms. The molecule has 0 saturated heterocycles. The van der Waals surface area contributed by atoms with E-state index in [1.165, 1.54) is 12.5 Å². The van der Waals surface area contributed by atoms with Crippen molar-refractivity contribution in [3.05, 3.63) is 72.1 Å². The molecular formula is C23H21FN4O. The van der Waals surface area contributed by atoms with E-state index < -0.39 is 5.82 Å². The molecule has 0 amide bonds. The first kappa shape index (κ1) is 17.7. The molecule has 2 heterocycles. The van der Waals surface area contributed by atoms with Crippen LogP contribution in [0.3, 0.4) is 0 Å². The number of aryl methyl sites for hydroxylation is 1. The molecule has 2 aromatic heterocycles. The van der Waals surface area contributed by atoms with Gasteiger partial charge in [0.1, 0.15) is 40.2 Å². The molecule has 0 unspecified atom stereocenters. The lowest BCUT2D eigenvalue weighted by atomic mass is 9.85. The van der Waals surface area contributed by atoms with Gasteiger partial charge in [-0.3, -0.25) is 4.40 Å². The summed E-state index contributed by atoms with van der Waals surface area (Å²) in [4.78, 5) is 8.98. The van der Waals surface area contributed by atoms with Crippen LogP contribution in [0.5, 0.6) is 11.5 Å². The Morgan fingerprint density at radius 2 is 1.97 bits per heavy atom. The Hall–Kier alpha value is -3.41. The minimum Gasteiger partial charge on any atom is -0.457 e. The molecule has 5 rings (SSSR count). The van der Waals surface area contributed by atoms with Crippen molar-refractivity contribution in [3.63, 3.8) is 0 Å². The third kappa shape index (κ3) is 3.10. The fourth-order valence-corrected chi connectivity index (χ4v) is 3.80. The van der Waals surface area contributed by atoms with E-state index in [1.807, 2.05) is 41.8 Å². The lowest BCUT2D eigenvalue weighted by Crippen LogP contribution is -2.12. The maximum atomic E-state index is 15.1. The van der Waals surface area contributed by atoms with Crippen LogP contribution < -0.4 is 10.5 Å². The summed E-state index contributed by atoms with van der Waals surface area (Å²) in [6, 6.07) is 12.5. The van der Waals surface area contributed by atoms with Gasteiger partial charge in [-0.2, -0.15) is 0 Å². The van der Waals surface area contributed by atoms with E-state index in [1.54, 1.807) is 18.3 Å². The summed E-state index contributed by atoms with van der Waals surface area (Å²) in [7, 11) is 0. The molecule has 1 aliphatic carbocycles. The Morgan fingerprint density at radius 3 is 2.69 bits per heavy atom. The van der Waals surface area contributed by atoms with Crippen LogP contribution in [0.4, 0.5) is 10.2 Å². The number of imidazole rings is 1. The van der Waals surface area contributed by atoms with E-state index in [2.05, 4.69) is 4.98 Å². The van der Waals surface area contributed by atoms with Crippen molar-refractivity contribution in [1.82, 2.24) is 14.4 Å². The number of aromatic nitrogens is 3. The van der Waals surface area contributed by atoms with E-state index in [0.717, 1.165) is 24.2 Å². The average molecular weight is 388 g/mol. The molecule has 0 atom stereocenters. The summed E-state index contributed by atoms with van der Waals surface area (Å²) >= 11 is 0. The lowest BCUT2D eigenvalue weighted by molar-refractivity contribution is 0.400. The maximum Gasteiger partial charge on any atom is 0.150 e. The van der Waals surface area contributed by atoms with Crippen molar-refractivity contribution in [2.24, 2.45) is 0 Å². The molecule has 2 N–H and O–H groups in total. The maximum absolute atomic E-state index is 15.1. The number of hydrogen-bond acceptors (Lipinski definition) is 4. The molecule has 146 valence electrons. The van der Waals surface area contributed by atoms with Crippen molar-refractivity contribution in [1.29, 1.82) is 0 Å². The van der Waals surface area contributed by atoms with Gasteiger partial charge in [-0.1, -0.05) is 18.6 Å². The van der Waals surface area contributed by atoms with Gasteiger partial charge in [-0.25, -0.2) is 14.4 Å². The molecule has 0 spiro atoms. The molecule has 0 radical (unpaired) electrons. The second-order valence-corrected chi connectivity index (χ2v) is 7.54. The van der Waals surface area contributed by atoms with Gasteiger partial charge >= 0.3 is 0 Å². The van der Waals surface area contributed by atoms with Crippen LogP contribution in [0.2, 0.25) is 0 Å². The van der Waals surface area contributed by atoms with Crippen molar-refractivity contribution < 1.29 is 9.13 Å². The zero-order chi connectivity index (χ0) is 20.0.